The largest absolute Gasteiger partial charge is 0.480 e. The summed E-state index contributed by atoms with van der Waals surface area (Å²) >= 11 is 11.9. The smallest absolute Gasteiger partial charge is 0.265 e. The van der Waals surface area contributed by atoms with Gasteiger partial charge in [0.05, 0.1) is 0 Å². The second kappa shape index (κ2) is 7.52. The van der Waals surface area contributed by atoms with Gasteiger partial charge in [0.1, 0.15) is 5.75 Å². The van der Waals surface area contributed by atoms with Crippen molar-refractivity contribution in [1.82, 2.24) is 0 Å². The van der Waals surface area contributed by atoms with Gasteiger partial charge in [0.15, 0.2) is 6.10 Å². The van der Waals surface area contributed by atoms with Gasteiger partial charge < -0.3 is 10.1 Å². The molecule has 1 atom stereocenters. The normalized spacial score (nSPS) is 11.8. The number of para-hydroxylation sites is 1. The first-order chi connectivity index (χ1) is 10.5. The van der Waals surface area contributed by atoms with E-state index in [9.17, 15) is 4.79 Å². The molecule has 0 heterocycles. The molecule has 2 aromatic carbocycles. The minimum Gasteiger partial charge on any atom is -0.480 e. The van der Waals surface area contributed by atoms with Crippen molar-refractivity contribution in [2.24, 2.45) is 0 Å². The Morgan fingerprint density at radius 1 is 1.18 bits per heavy atom. The van der Waals surface area contributed by atoms with E-state index in [0.29, 0.717) is 27.9 Å². The van der Waals surface area contributed by atoms with Crippen LogP contribution in [0.2, 0.25) is 10.0 Å². The summed E-state index contributed by atoms with van der Waals surface area (Å²) in [6.07, 6.45) is -0.0343. The van der Waals surface area contributed by atoms with Crippen molar-refractivity contribution in [3.63, 3.8) is 0 Å². The highest BCUT2D eigenvalue weighted by Gasteiger charge is 2.19. The molecule has 0 aliphatic heterocycles. The fourth-order valence-corrected chi connectivity index (χ4v) is 2.54. The molecule has 0 aliphatic rings. The zero-order valence-corrected chi connectivity index (χ0v) is 13.9. The van der Waals surface area contributed by atoms with Crippen LogP contribution >= 0.6 is 23.2 Å². The van der Waals surface area contributed by atoms with Gasteiger partial charge in [-0.3, -0.25) is 4.79 Å². The summed E-state index contributed by atoms with van der Waals surface area (Å²) in [5, 5.41) is 3.72. The molecule has 3 nitrogen and oxygen atoms in total. The lowest BCUT2D eigenvalue weighted by Gasteiger charge is -2.18. The Kier molecular flexibility index (Phi) is 5.69. The first kappa shape index (κ1) is 16.7. The van der Waals surface area contributed by atoms with Crippen LogP contribution in [0.5, 0.6) is 5.75 Å². The molecule has 0 saturated carbocycles. The second-order valence-corrected chi connectivity index (χ2v) is 5.80. The van der Waals surface area contributed by atoms with Crippen molar-refractivity contribution in [1.29, 1.82) is 0 Å². The summed E-state index contributed by atoms with van der Waals surface area (Å²) in [5.41, 5.74) is 1.54. The molecular weight excluding hydrogens is 321 g/mol. The van der Waals surface area contributed by atoms with Crippen LogP contribution in [-0.2, 0) is 4.79 Å². The average Bonchev–Trinajstić information content (AvgIpc) is 2.45. The zero-order valence-electron chi connectivity index (χ0n) is 12.4. The fraction of sp³-hybridized carbons (Fsp3) is 0.235. The molecule has 5 heteroatoms. The Balaban J connectivity index is 2.10. The van der Waals surface area contributed by atoms with E-state index in [0.717, 1.165) is 5.56 Å². The topological polar surface area (TPSA) is 38.3 Å². The van der Waals surface area contributed by atoms with Crippen molar-refractivity contribution in [3.05, 3.63) is 58.1 Å². The summed E-state index contributed by atoms with van der Waals surface area (Å²) in [6.45, 7) is 3.84. The lowest BCUT2D eigenvalue weighted by Crippen LogP contribution is -2.32. The molecule has 0 spiro atoms. The molecule has 0 saturated heterocycles. The Hall–Kier alpha value is -1.71. The number of carbonyl (C=O) groups excluding carboxylic acids is 1. The van der Waals surface area contributed by atoms with Crippen LogP contribution in [0.3, 0.4) is 0 Å². The first-order valence-corrected chi connectivity index (χ1v) is 7.74. The predicted molar refractivity (Wildman–Crippen MR) is 91.0 cm³/mol. The Morgan fingerprint density at radius 3 is 2.41 bits per heavy atom. The number of rotatable bonds is 5. The second-order valence-electron chi connectivity index (χ2n) is 4.93. The number of hydrogen-bond acceptors (Lipinski definition) is 2. The van der Waals surface area contributed by atoms with Gasteiger partial charge in [-0.2, -0.15) is 0 Å². The van der Waals surface area contributed by atoms with Gasteiger partial charge in [0, 0.05) is 15.7 Å². The van der Waals surface area contributed by atoms with Crippen LogP contribution in [0, 0.1) is 6.92 Å². The average molecular weight is 338 g/mol. The number of hydrogen-bond donors (Lipinski definition) is 1. The molecule has 0 fully saturated rings. The molecule has 116 valence electrons. The lowest BCUT2D eigenvalue weighted by molar-refractivity contribution is -0.122. The van der Waals surface area contributed by atoms with E-state index in [1.807, 2.05) is 38.1 Å². The molecule has 1 N–H and O–H groups in total. The Labute approximate surface area is 140 Å². The predicted octanol–water partition coefficient (Wildman–Crippen LogP) is 5.10. The number of anilines is 1. The van der Waals surface area contributed by atoms with Gasteiger partial charge in [-0.25, -0.2) is 0 Å². The van der Waals surface area contributed by atoms with Crippen LogP contribution in [0.15, 0.2) is 42.5 Å². The van der Waals surface area contributed by atoms with Gasteiger partial charge >= 0.3 is 0 Å². The highest BCUT2D eigenvalue weighted by atomic mass is 35.5. The van der Waals surface area contributed by atoms with Crippen molar-refractivity contribution in [3.8, 4) is 5.75 Å². The van der Waals surface area contributed by atoms with E-state index in [1.165, 1.54) is 0 Å². The van der Waals surface area contributed by atoms with Crippen molar-refractivity contribution < 1.29 is 9.53 Å². The molecule has 22 heavy (non-hydrogen) atoms. The van der Waals surface area contributed by atoms with E-state index in [-0.39, 0.29) is 5.91 Å². The molecule has 0 bridgehead atoms. The summed E-state index contributed by atoms with van der Waals surface area (Å²) < 4.78 is 5.81. The van der Waals surface area contributed by atoms with Crippen LogP contribution < -0.4 is 10.1 Å². The van der Waals surface area contributed by atoms with Gasteiger partial charge in [0.2, 0.25) is 0 Å². The van der Waals surface area contributed by atoms with E-state index < -0.39 is 6.10 Å². The standard InChI is InChI=1S/C17H17Cl2NO2/c1-3-15(22-16-7-5-4-6-11(16)2)17(21)20-14-9-12(18)8-13(19)10-14/h4-10,15H,3H2,1-2H3,(H,20,21)/t15-/m1/s1. The maximum absolute atomic E-state index is 12.4. The third-order valence-electron chi connectivity index (χ3n) is 3.16. The molecule has 0 aliphatic carbocycles. The zero-order chi connectivity index (χ0) is 16.1. The Morgan fingerprint density at radius 2 is 1.82 bits per heavy atom. The highest BCUT2D eigenvalue weighted by molar-refractivity contribution is 6.35. The maximum Gasteiger partial charge on any atom is 0.265 e. The molecule has 0 unspecified atom stereocenters. The number of halogens is 2. The molecule has 0 radical (unpaired) electrons. The lowest BCUT2D eigenvalue weighted by atomic mass is 10.2. The third kappa shape index (κ3) is 4.39. The number of amides is 1. The van der Waals surface area contributed by atoms with Gasteiger partial charge in [0.25, 0.3) is 5.91 Å². The van der Waals surface area contributed by atoms with Crippen molar-refractivity contribution in [2.45, 2.75) is 26.4 Å². The van der Waals surface area contributed by atoms with E-state index in [4.69, 9.17) is 27.9 Å². The summed E-state index contributed by atoms with van der Waals surface area (Å²) in [5.74, 6) is 0.470. The van der Waals surface area contributed by atoms with Crippen LogP contribution in [0.4, 0.5) is 5.69 Å². The molecule has 1 amide bonds. The monoisotopic (exact) mass is 337 g/mol. The van der Waals surface area contributed by atoms with Gasteiger partial charge in [-0.1, -0.05) is 48.3 Å². The molecular formula is C17H17Cl2NO2. The number of ether oxygens (including phenoxy) is 1. The van der Waals surface area contributed by atoms with Crippen LogP contribution in [0.25, 0.3) is 0 Å². The van der Waals surface area contributed by atoms with Crippen molar-refractivity contribution in [2.75, 3.05) is 5.32 Å². The van der Waals surface area contributed by atoms with E-state index in [2.05, 4.69) is 5.32 Å². The fourth-order valence-electron chi connectivity index (χ4n) is 2.01. The van der Waals surface area contributed by atoms with Crippen LogP contribution in [0.1, 0.15) is 18.9 Å². The minimum atomic E-state index is -0.584. The number of nitrogens with one attached hydrogen (secondary N) is 1. The Bertz CT molecular complexity index is 653. The SMILES string of the molecule is CC[C@@H](Oc1ccccc1C)C(=O)Nc1cc(Cl)cc(Cl)c1. The maximum atomic E-state index is 12.4. The number of benzene rings is 2. The third-order valence-corrected chi connectivity index (χ3v) is 3.59. The molecule has 2 rings (SSSR count). The van der Waals surface area contributed by atoms with Gasteiger partial charge in [-0.15, -0.1) is 0 Å². The quantitative estimate of drug-likeness (QED) is 0.824. The summed E-state index contributed by atoms with van der Waals surface area (Å²) in [6, 6.07) is 12.5. The highest BCUT2D eigenvalue weighted by Crippen LogP contribution is 2.23. The summed E-state index contributed by atoms with van der Waals surface area (Å²) in [4.78, 5) is 12.4. The van der Waals surface area contributed by atoms with E-state index >= 15 is 0 Å². The van der Waals surface area contributed by atoms with Crippen LogP contribution in [-0.4, -0.2) is 12.0 Å². The minimum absolute atomic E-state index is 0.232. The first-order valence-electron chi connectivity index (χ1n) is 6.99. The number of aryl methyl sites for hydroxylation is 1. The van der Waals surface area contributed by atoms with Gasteiger partial charge in [-0.05, 0) is 43.2 Å². The molecule has 0 aromatic heterocycles. The van der Waals surface area contributed by atoms with E-state index in [1.54, 1.807) is 18.2 Å². The summed E-state index contributed by atoms with van der Waals surface area (Å²) in [7, 11) is 0. The number of carbonyl (C=O) groups is 1. The van der Waals surface area contributed by atoms with Crippen molar-refractivity contribution >= 4 is 34.8 Å². The molecule has 2 aromatic rings.